The van der Waals surface area contributed by atoms with Crippen molar-refractivity contribution in [3.63, 3.8) is 0 Å². The van der Waals surface area contributed by atoms with Crippen molar-refractivity contribution < 1.29 is 0 Å². The molecule has 0 radical (unpaired) electrons. The molecule has 0 spiro atoms. The second kappa shape index (κ2) is 6.65. The van der Waals surface area contributed by atoms with Gasteiger partial charge in [0.1, 0.15) is 0 Å². The van der Waals surface area contributed by atoms with Crippen molar-refractivity contribution in [2.24, 2.45) is 0 Å². The van der Waals surface area contributed by atoms with Gasteiger partial charge in [0.05, 0.1) is 28.1 Å². The van der Waals surface area contributed by atoms with Gasteiger partial charge in [-0.25, -0.2) is 4.68 Å². The Morgan fingerprint density at radius 2 is 2.11 bits per heavy atom. The standard InChI is InChI=1S/C12H17Br2N5/c1-3-10-12(14)11(19(4-2)16-10)8-18-7-9(5-6-13)15-17-18/h7H,3-6,8H2,1-2H3. The average Bonchev–Trinajstić information content (AvgIpc) is 2.97. The fourth-order valence-electron chi connectivity index (χ4n) is 1.95. The van der Waals surface area contributed by atoms with Gasteiger partial charge in [-0.05, 0) is 29.3 Å². The number of rotatable bonds is 6. The van der Waals surface area contributed by atoms with Crippen LogP contribution in [0.3, 0.4) is 0 Å². The first-order valence-corrected chi connectivity index (χ1v) is 8.30. The predicted octanol–water partition coefficient (Wildman–Crippen LogP) is 2.81. The molecule has 5 nitrogen and oxygen atoms in total. The van der Waals surface area contributed by atoms with Crippen LogP contribution in [-0.4, -0.2) is 30.1 Å². The molecule has 0 amide bonds. The summed E-state index contributed by atoms with van der Waals surface area (Å²) in [7, 11) is 0. The lowest BCUT2D eigenvalue weighted by molar-refractivity contribution is 0.562. The van der Waals surface area contributed by atoms with Crippen LogP contribution >= 0.6 is 31.9 Å². The minimum atomic E-state index is 0.691. The van der Waals surface area contributed by atoms with Crippen LogP contribution < -0.4 is 0 Å². The Bertz CT molecular complexity index is 546. The molecule has 0 aliphatic carbocycles. The lowest BCUT2D eigenvalue weighted by atomic mass is 10.3. The maximum Gasteiger partial charge on any atom is 0.0857 e. The summed E-state index contributed by atoms with van der Waals surface area (Å²) in [6.07, 6.45) is 3.81. The predicted molar refractivity (Wildman–Crippen MR) is 81.6 cm³/mol. The Hall–Kier alpha value is -0.690. The van der Waals surface area contributed by atoms with Crippen LogP contribution in [0.15, 0.2) is 10.7 Å². The summed E-state index contributed by atoms with van der Waals surface area (Å²) in [5.41, 5.74) is 3.25. The van der Waals surface area contributed by atoms with Crippen molar-refractivity contribution in [2.45, 2.75) is 39.8 Å². The van der Waals surface area contributed by atoms with Gasteiger partial charge < -0.3 is 0 Å². The van der Waals surface area contributed by atoms with Gasteiger partial charge >= 0.3 is 0 Å². The Morgan fingerprint density at radius 1 is 1.32 bits per heavy atom. The van der Waals surface area contributed by atoms with E-state index in [1.807, 2.05) is 15.6 Å². The number of hydrogen-bond acceptors (Lipinski definition) is 3. The minimum absolute atomic E-state index is 0.691. The van der Waals surface area contributed by atoms with Crippen molar-refractivity contribution in [2.75, 3.05) is 5.33 Å². The summed E-state index contributed by atoms with van der Waals surface area (Å²) < 4.78 is 4.98. The maximum atomic E-state index is 4.59. The number of hydrogen-bond donors (Lipinski definition) is 0. The lowest BCUT2D eigenvalue weighted by Crippen LogP contribution is -2.09. The zero-order valence-corrected chi connectivity index (χ0v) is 14.3. The Labute approximate surface area is 129 Å². The Kier molecular flexibility index (Phi) is 5.15. The van der Waals surface area contributed by atoms with E-state index in [1.54, 1.807) is 0 Å². The molecule has 2 heterocycles. The fraction of sp³-hybridized carbons (Fsp3) is 0.583. The summed E-state index contributed by atoms with van der Waals surface area (Å²) in [5.74, 6) is 0. The molecule has 0 fully saturated rings. The van der Waals surface area contributed by atoms with Gasteiger partial charge in [-0.15, -0.1) is 5.10 Å². The molecule has 19 heavy (non-hydrogen) atoms. The zero-order valence-electron chi connectivity index (χ0n) is 11.1. The van der Waals surface area contributed by atoms with E-state index in [-0.39, 0.29) is 0 Å². The molecule has 0 bridgehead atoms. The van der Waals surface area contributed by atoms with Crippen LogP contribution in [0.2, 0.25) is 0 Å². The van der Waals surface area contributed by atoms with E-state index in [1.165, 1.54) is 0 Å². The van der Waals surface area contributed by atoms with E-state index in [9.17, 15) is 0 Å². The molecule has 0 saturated carbocycles. The molecule has 2 aromatic heterocycles. The number of aryl methyl sites for hydroxylation is 3. The van der Waals surface area contributed by atoms with E-state index < -0.39 is 0 Å². The quantitative estimate of drug-likeness (QED) is 0.712. The lowest BCUT2D eigenvalue weighted by Gasteiger charge is -2.04. The van der Waals surface area contributed by atoms with Crippen LogP contribution in [0.5, 0.6) is 0 Å². The zero-order chi connectivity index (χ0) is 13.8. The van der Waals surface area contributed by atoms with Crippen LogP contribution in [0, 0.1) is 0 Å². The first-order valence-electron chi connectivity index (χ1n) is 6.38. The highest BCUT2D eigenvalue weighted by Crippen LogP contribution is 2.23. The third kappa shape index (κ3) is 3.25. The molecule has 0 atom stereocenters. The third-order valence-corrected chi connectivity index (χ3v) is 4.25. The molecule has 0 N–H and O–H groups in total. The van der Waals surface area contributed by atoms with Gasteiger partial charge in [0.25, 0.3) is 0 Å². The molecule has 2 aromatic rings. The SMILES string of the molecule is CCc1nn(CC)c(Cn2cc(CCBr)nn2)c1Br. The molecule has 2 rings (SSSR count). The Balaban J connectivity index is 2.23. The summed E-state index contributed by atoms with van der Waals surface area (Å²) in [6.45, 7) is 5.76. The Morgan fingerprint density at radius 3 is 2.74 bits per heavy atom. The minimum Gasteiger partial charge on any atom is -0.267 e. The van der Waals surface area contributed by atoms with Gasteiger partial charge in [-0.2, -0.15) is 5.10 Å². The monoisotopic (exact) mass is 389 g/mol. The summed E-state index contributed by atoms with van der Waals surface area (Å²) in [4.78, 5) is 0. The van der Waals surface area contributed by atoms with Crippen molar-refractivity contribution in [3.8, 4) is 0 Å². The highest BCUT2D eigenvalue weighted by molar-refractivity contribution is 9.10. The number of alkyl halides is 1. The van der Waals surface area contributed by atoms with Crippen molar-refractivity contribution >= 4 is 31.9 Å². The largest absolute Gasteiger partial charge is 0.267 e. The van der Waals surface area contributed by atoms with Crippen molar-refractivity contribution in [1.82, 2.24) is 24.8 Å². The van der Waals surface area contributed by atoms with Crippen LogP contribution in [0.4, 0.5) is 0 Å². The number of nitrogens with zero attached hydrogens (tertiary/aromatic N) is 5. The summed E-state index contributed by atoms with van der Waals surface area (Å²) in [6, 6.07) is 0. The molecule has 0 aliphatic rings. The first-order chi connectivity index (χ1) is 9.19. The highest BCUT2D eigenvalue weighted by Gasteiger charge is 2.14. The van der Waals surface area contributed by atoms with E-state index in [0.717, 1.165) is 46.3 Å². The van der Waals surface area contributed by atoms with Gasteiger partial charge in [0, 0.05) is 24.5 Å². The average molecular weight is 391 g/mol. The van der Waals surface area contributed by atoms with Crippen molar-refractivity contribution in [1.29, 1.82) is 0 Å². The molecule has 0 aliphatic heterocycles. The molecule has 0 unspecified atom stereocenters. The normalized spacial score (nSPS) is 11.2. The second-order valence-electron chi connectivity index (χ2n) is 4.22. The van der Waals surface area contributed by atoms with Crippen molar-refractivity contribution in [3.05, 3.63) is 27.8 Å². The van der Waals surface area contributed by atoms with Gasteiger partial charge in [-0.1, -0.05) is 28.1 Å². The fourth-order valence-corrected chi connectivity index (χ4v) is 3.04. The molecule has 0 aromatic carbocycles. The van der Waals surface area contributed by atoms with E-state index in [0.29, 0.717) is 6.54 Å². The highest BCUT2D eigenvalue weighted by atomic mass is 79.9. The van der Waals surface area contributed by atoms with Crippen LogP contribution in [0.25, 0.3) is 0 Å². The molecule has 0 saturated heterocycles. The van der Waals surface area contributed by atoms with Crippen LogP contribution in [-0.2, 0) is 25.9 Å². The third-order valence-electron chi connectivity index (χ3n) is 2.94. The van der Waals surface area contributed by atoms with E-state index >= 15 is 0 Å². The summed E-state index contributed by atoms with van der Waals surface area (Å²) >= 11 is 7.06. The van der Waals surface area contributed by atoms with Gasteiger partial charge in [0.15, 0.2) is 0 Å². The number of halogens is 2. The topological polar surface area (TPSA) is 48.5 Å². The van der Waals surface area contributed by atoms with Crippen LogP contribution in [0.1, 0.15) is 30.9 Å². The molecular formula is C12H17Br2N5. The first kappa shape index (κ1) is 14.7. The maximum absolute atomic E-state index is 4.59. The number of aromatic nitrogens is 5. The molecule has 104 valence electrons. The van der Waals surface area contributed by atoms with E-state index in [4.69, 9.17) is 0 Å². The molecule has 7 heteroatoms. The smallest absolute Gasteiger partial charge is 0.0857 e. The van der Waals surface area contributed by atoms with Gasteiger partial charge in [0.2, 0.25) is 0 Å². The van der Waals surface area contributed by atoms with Gasteiger partial charge in [-0.3, -0.25) is 4.68 Å². The second-order valence-corrected chi connectivity index (χ2v) is 5.81. The molecular weight excluding hydrogens is 374 g/mol. The van der Waals surface area contributed by atoms with E-state index in [2.05, 4.69) is 61.1 Å². The summed E-state index contributed by atoms with van der Waals surface area (Å²) in [5, 5.41) is 13.8.